The third-order valence-corrected chi connectivity index (χ3v) is 4.85. The summed E-state index contributed by atoms with van der Waals surface area (Å²) in [6.07, 6.45) is 3.07. The first-order valence-corrected chi connectivity index (χ1v) is 9.24. The van der Waals surface area contributed by atoms with E-state index in [1.165, 1.54) is 0 Å². The molecule has 0 saturated heterocycles. The minimum atomic E-state index is -0.332. The van der Waals surface area contributed by atoms with E-state index in [0.29, 0.717) is 6.04 Å². The smallest absolute Gasteiger partial charge is 0.250 e. The number of amides is 1. The second kappa shape index (κ2) is 8.68. The van der Waals surface area contributed by atoms with Crippen LogP contribution >= 0.6 is 0 Å². The summed E-state index contributed by atoms with van der Waals surface area (Å²) in [5, 5.41) is 0. The highest BCUT2D eigenvalue weighted by Crippen LogP contribution is 2.24. The molecule has 1 heterocycles. The molecule has 0 bridgehead atoms. The minimum absolute atomic E-state index is 0.0467. The summed E-state index contributed by atoms with van der Waals surface area (Å²) >= 11 is 0. The molecular formula is C22H27N3O. The van der Waals surface area contributed by atoms with Gasteiger partial charge in [-0.05, 0) is 31.1 Å². The molecule has 0 radical (unpaired) electrons. The lowest BCUT2D eigenvalue weighted by Gasteiger charge is -2.30. The molecule has 2 aromatic rings. The Morgan fingerprint density at radius 1 is 0.962 bits per heavy atom. The van der Waals surface area contributed by atoms with Crippen LogP contribution in [0.25, 0.3) is 0 Å². The zero-order valence-electron chi connectivity index (χ0n) is 15.5. The van der Waals surface area contributed by atoms with Crippen molar-refractivity contribution in [3.8, 4) is 0 Å². The van der Waals surface area contributed by atoms with Gasteiger partial charge >= 0.3 is 0 Å². The van der Waals surface area contributed by atoms with Crippen LogP contribution in [0.15, 0.2) is 72.4 Å². The maximum absolute atomic E-state index is 12.9. The second-order valence-electron chi connectivity index (χ2n) is 6.94. The van der Waals surface area contributed by atoms with Gasteiger partial charge in [-0.15, -0.1) is 0 Å². The molecule has 4 nitrogen and oxygen atoms in total. The van der Waals surface area contributed by atoms with Gasteiger partial charge in [-0.25, -0.2) is 0 Å². The number of carbonyl (C=O) groups excluding carboxylic acids is 1. The van der Waals surface area contributed by atoms with Crippen molar-refractivity contribution in [2.75, 3.05) is 13.1 Å². The van der Waals surface area contributed by atoms with E-state index >= 15 is 0 Å². The van der Waals surface area contributed by atoms with E-state index < -0.39 is 0 Å². The fourth-order valence-electron chi connectivity index (χ4n) is 3.27. The highest BCUT2D eigenvalue weighted by molar-refractivity contribution is 5.86. The molecule has 1 amide bonds. The van der Waals surface area contributed by atoms with Crippen LogP contribution in [-0.2, 0) is 4.79 Å². The molecule has 0 aromatic heterocycles. The third-order valence-electron chi connectivity index (χ3n) is 4.85. The molecule has 26 heavy (non-hydrogen) atoms. The summed E-state index contributed by atoms with van der Waals surface area (Å²) in [6.45, 7) is 6.33. The van der Waals surface area contributed by atoms with Gasteiger partial charge in [0.15, 0.2) is 0 Å². The largest absolute Gasteiger partial charge is 0.303 e. The molecule has 0 unspecified atom stereocenters. The fourth-order valence-corrected chi connectivity index (χ4v) is 3.27. The molecular weight excluding hydrogens is 322 g/mol. The lowest BCUT2D eigenvalue weighted by Crippen LogP contribution is -2.43. The van der Waals surface area contributed by atoms with Crippen molar-refractivity contribution >= 4 is 5.91 Å². The van der Waals surface area contributed by atoms with Crippen molar-refractivity contribution < 1.29 is 4.79 Å². The van der Waals surface area contributed by atoms with E-state index in [2.05, 4.69) is 35.7 Å². The van der Waals surface area contributed by atoms with Gasteiger partial charge in [-0.2, -0.15) is 0 Å². The molecule has 136 valence electrons. The van der Waals surface area contributed by atoms with Crippen LogP contribution in [0.2, 0.25) is 0 Å². The van der Waals surface area contributed by atoms with Crippen molar-refractivity contribution in [3.05, 3.63) is 83.6 Å². The van der Waals surface area contributed by atoms with Crippen LogP contribution in [0.4, 0.5) is 0 Å². The number of carbonyl (C=O) groups is 1. The van der Waals surface area contributed by atoms with E-state index in [9.17, 15) is 4.79 Å². The van der Waals surface area contributed by atoms with Crippen LogP contribution in [0.3, 0.4) is 0 Å². The Bertz CT molecular complexity index is 701. The van der Waals surface area contributed by atoms with Crippen LogP contribution < -0.4 is 10.9 Å². The van der Waals surface area contributed by atoms with Gasteiger partial charge in [0, 0.05) is 31.2 Å². The molecule has 1 aliphatic rings. The number of benzene rings is 2. The van der Waals surface area contributed by atoms with Crippen molar-refractivity contribution in [1.82, 2.24) is 15.8 Å². The summed E-state index contributed by atoms with van der Waals surface area (Å²) in [5.74, 6) is -0.379. The number of nitrogens with one attached hydrogen (secondary N) is 2. The number of rotatable bonds is 6. The molecule has 0 spiro atoms. The quantitative estimate of drug-likeness (QED) is 0.785. The van der Waals surface area contributed by atoms with Crippen LogP contribution in [0, 0.1) is 0 Å². The number of hydrogen-bond donors (Lipinski definition) is 2. The maximum Gasteiger partial charge on any atom is 0.250 e. The van der Waals surface area contributed by atoms with Crippen LogP contribution in [-0.4, -0.2) is 29.9 Å². The Kier molecular flexibility index (Phi) is 6.08. The first-order valence-electron chi connectivity index (χ1n) is 9.24. The van der Waals surface area contributed by atoms with Crippen LogP contribution in [0.5, 0.6) is 0 Å². The molecule has 4 heteroatoms. The third kappa shape index (κ3) is 4.52. The zero-order valence-corrected chi connectivity index (χ0v) is 15.5. The highest BCUT2D eigenvalue weighted by Gasteiger charge is 2.23. The average Bonchev–Trinajstić information content (AvgIpc) is 2.68. The van der Waals surface area contributed by atoms with Gasteiger partial charge in [-0.3, -0.25) is 15.1 Å². The number of hydrogen-bond acceptors (Lipinski definition) is 3. The molecule has 0 aliphatic carbocycles. The van der Waals surface area contributed by atoms with Gasteiger partial charge in [-0.1, -0.05) is 60.7 Å². The molecule has 2 N–H and O–H groups in total. The molecule has 0 atom stereocenters. The monoisotopic (exact) mass is 349 g/mol. The maximum atomic E-state index is 12.9. The normalized spacial score (nSPS) is 15.0. The Morgan fingerprint density at radius 3 is 2.00 bits per heavy atom. The fraction of sp³-hybridized carbons (Fsp3) is 0.318. The number of nitrogens with zero attached hydrogens (tertiary/aromatic N) is 1. The van der Waals surface area contributed by atoms with Crippen LogP contribution in [0.1, 0.15) is 37.3 Å². The summed E-state index contributed by atoms with van der Waals surface area (Å²) in [5.41, 5.74) is 9.11. The zero-order chi connectivity index (χ0) is 18.4. The minimum Gasteiger partial charge on any atom is -0.303 e. The van der Waals surface area contributed by atoms with Crippen molar-refractivity contribution in [3.63, 3.8) is 0 Å². The van der Waals surface area contributed by atoms with E-state index in [4.69, 9.17) is 0 Å². The first-order chi connectivity index (χ1) is 12.6. The van der Waals surface area contributed by atoms with E-state index in [-0.39, 0.29) is 11.8 Å². The Balaban J connectivity index is 1.69. The second-order valence-corrected chi connectivity index (χ2v) is 6.94. The first kappa shape index (κ1) is 18.2. The average molecular weight is 349 g/mol. The van der Waals surface area contributed by atoms with Crippen molar-refractivity contribution in [2.24, 2.45) is 0 Å². The standard InChI is InChI=1S/C22H27N3O/c1-17(2)25-15-13-20(14-16-25)23-24-22(26)21(18-9-5-3-6-10-18)19-11-7-4-8-12-19/h3-13,17,21,23H,14-16H2,1-2H3,(H,24,26). The summed E-state index contributed by atoms with van der Waals surface area (Å²) in [6, 6.07) is 20.3. The lowest BCUT2D eigenvalue weighted by molar-refractivity contribution is -0.122. The van der Waals surface area contributed by atoms with E-state index in [0.717, 1.165) is 36.3 Å². The molecule has 0 fully saturated rings. The van der Waals surface area contributed by atoms with Gasteiger partial charge in [0.1, 0.15) is 0 Å². The number of hydrazine groups is 1. The predicted molar refractivity (Wildman–Crippen MR) is 105 cm³/mol. The summed E-state index contributed by atoms with van der Waals surface area (Å²) in [4.78, 5) is 15.4. The molecule has 2 aromatic carbocycles. The Labute approximate surface area is 155 Å². The summed E-state index contributed by atoms with van der Waals surface area (Å²) in [7, 11) is 0. The Hall–Kier alpha value is -2.59. The summed E-state index contributed by atoms with van der Waals surface area (Å²) < 4.78 is 0. The van der Waals surface area contributed by atoms with Gasteiger partial charge in [0.25, 0.3) is 0 Å². The highest BCUT2D eigenvalue weighted by atomic mass is 16.2. The van der Waals surface area contributed by atoms with Crippen molar-refractivity contribution in [1.29, 1.82) is 0 Å². The lowest BCUT2D eigenvalue weighted by atomic mass is 9.91. The van der Waals surface area contributed by atoms with Crippen molar-refractivity contribution in [2.45, 2.75) is 32.2 Å². The SMILES string of the molecule is CC(C)N1CC=C(NNC(=O)C(c2ccccc2)c2ccccc2)CC1. The van der Waals surface area contributed by atoms with E-state index in [1.807, 2.05) is 60.7 Å². The molecule has 1 aliphatic heterocycles. The topological polar surface area (TPSA) is 44.4 Å². The molecule has 3 rings (SSSR count). The van der Waals surface area contributed by atoms with Gasteiger partial charge < -0.3 is 5.43 Å². The van der Waals surface area contributed by atoms with Gasteiger partial charge in [0.05, 0.1) is 5.92 Å². The van der Waals surface area contributed by atoms with E-state index in [1.54, 1.807) is 0 Å². The molecule has 0 saturated carbocycles. The van der Waals surface area contributed by atoms with Gasteiger partial charge in [0.2, 0.25) is 5.91 Å². The predicted octanol–water partition coefficient (Wildman–Crippen LogP) is 3.44. The Morgan fingerprint density at radius 2 is 1.54 bits per heavy atom.